The molecular weight excluding hydrogens is 424 g/mol. The topological polar surface area (TPSA) is 30.7 Å². The molecule has 2 aromatic heterocycles. The van der Waals surface area contributed by atoms with Crippen LogP contribution in [0, 0.1) is 18.6 Å². The van der Waals surface area contributed by atoms with E-state index in [9.17, 15) is 8.78 Å². The minimum Gasteiger partial charge on any atom is -0.322 e. The summed E-state index contributed by atoms with van der Waals surface area (Å²) in [4.78, 5) is 10.6. The summed E-state index contributed by atoms with van der Waals surface area (Å²) in [7, 11) is 1.89. The lowest BCUT2D eigenvalue weighted by atomic mass is 9.91. The molecule has 32 heavy (non-hydrogen) atoms. The quantitative estimate of drug-likeness (QED) is 0.330. The molecule has 0 fully saturated rings. The van der Waals surface area contributed by atoms with Crippen molar-refractivity contribution in [2.75, 3.05) is 0 Å². The Labute approximate surface area is 191 Å². The molecule has 0 saturated carbocycles. The molecule has 0 saturated heterocycles. The van der Waals surface area contributed by atoms with Crippen LogP contribution in [0.2, 0.25) is 0 Å². The van der Waals surface area contributed by atoms with E-state index in [1.807, 2.05) is 36.9 Å². The summed E-state index contributed by atoms with van der Waals surface area (Å²) in [6.45, 7) is 8.41. The van der Waals surface area contributed by atoms with Crippen LogP contribution in [0.3, 0.4) is 0 Å². The smallest absolute Gasteiger partial charge is 0.159 e. The van der Waals surface area contributed by atoms with Gasteiger partial charge >= 0.3 is 0 Å². The standard InChI is InChI=1S/C26H25F2N3S/c1-16-6-10-19(11-7-16)32-25-23(18-9-13-22(29-15-18)26(2,3)4)30-24(31(25)5)17-8-12-20(27)21(28)14-17/h6-15H,1-5H3. The van der Waals surface area contributed by atoms with Gasteiger partial charge in [0, 0.05) is 40.4 Å². The molecule has 0 spiro atoms. The highest BCUT2D eigenvalue weighted by Crippen LogP contribution is 2.39. The van der Waals surface area contributed by atoms with Gasteiger partial charge in [-0.05, 0) is 49.4 Å². The van der Waals surface area contributed by atoms with Gasteiger partial charge in [0.25, 0.3) is 0 Å². The van der Waals surface area contributed by atoms with Crippen molar-refractivity contribution in [1.82, 2.24) is 14.5 Å². The van der Waals surface area contributed by atoms with Gasteiger partial charge in [0.05, 0.1) is 0 Å². The summed E-state index contributed by atoms with van der Waals surface area (Å²) in [5.74, 6) is -1.20. The van der Waals surface area contributed by atoms with Crippen molar-refractivity contribution in [3.05, 3.63) is 83.7 Å². The summed E-state index contributed by atoms with van der Waals surface area (Å²) in [6, 6.07) is 16.2. The predicted molar refractivity (Wildman–Crippen MR) is 126 cm³/mol. The molecule has 3 nitrogen and oxygen atoms in total. The molecule has 0 aliphatic carbocycles. The van der Waals surface area contributed by atoms with Crippen molar-refractivity contribution in [3.8, 4) is 22.6 Å². The lowest BCUT2D eigenvalue weighted by Gasteiger charge is -2.17. The summed E-state index contributed by atoms with van der Waals surface area (Å²) in [6.07, 6.45) is 1.83. The fourth-order valence-electron chi connectivity index (χ4n) is 3.38. The van der Waals surface area contributed by atoms with E-state index in [1.165, 1.54) is 11.6 Å². The molecule has 0 radical (unpaired) electrons. The van der Waals surface area contributed by atoms with Crippen LogP contribution in [0.5, 0.6) is 0 Å². The van der Waals surface area contributed by atoms with Crippen molar-refractivity contribution in [3.63, 3.8) is 0 Å². The molecule has 164 valence electrons. The Morgan fingerprint density at radius 1 is 0.875 bits per heavy atom. The first-order valence-corrected chi connectivity index (χ1v) is 11.2. The van der Waals surface area contributed by atoms with E-state index in [0.717, 1.165) is 32.9 Å². The number of halogens is 2. The van der Waals surface area contributed by atoms with E-state index in [1.54, 1.807) is 17.8 Å². The average molecular weight is 450 g/mol. The molecule has 0 aliphatic rings. The highest BCUT2D eigenvalue weighted by atomic mass is 32.2. The summed E-state index contributed by atoms with van der Waals surface area (Å²) < 4.78 is 29.4. The molecule has 0 N–H and O–H groups in total. The van der Waals surface area contributed by atoms with E-state index in [4.69, 9.17) is 4.98 Å². The Morgan fingerprint density at radius 2 is 1.56 bits per heavy atom. The van der Waals surface area contributed by atoms with Crippen LogP contribution in [0.25, 0.3) is 22.6 Å². The molecule has 0 amide bonds. The van der Waals surface area contributed by atoms with Gasteiger partial charge in [-0.1, -0.05) is 50.2 Å². The highest BCUT2D eigenvalue weighted by molar-refractivity contribution is 7.99. The minimum absolute atomic E-state index is 0.0566. The van der Waals surface area contributed by atoms with Gasteiger partial charge in [-0.25, -0.2) is 13.8 Å². The third kappa shape index (κ3) is 4.46. The first-order chi connectivity index (χ1) is 15.1. The van der Waals surface area contributed by atoms with E-state index < -0.39 is 11.6 Å². The minimum atomic E-state index is -0.893. The third-order valence-corrected chi connectivity index (χ3v) is 6.43. The van der Waals surface area contributed by atoms with Gasteiger partial charge < -0.3 is 4.57 Å². The van der Waals surface area contributed by atoms with Crippen molar-refractivity contribution in [1.29, 1.82) is 0 Å². The van der Waals surface area contributed by atoms with Crippen LogP contribution in [-0.2, 0) is 12.5 Å². The molecule has 0 aliphatic heterocycles. The molecule has 2 aromatic carbocycles. The number of imidazole rings is 1. The molecular formula is C26H25F2N3S. The molecule has 0 atom stereocenters. The second kappa shape index (κ2) is 8.51. The van der Waals surface area contributed by atoms with E-state index in [-0.39, 0.29) is 5.41 Å². The normalized spacial score (nSPS) is 11.7. The van der Waals surface area contributed by atoms with E-state index >= 15 is 0 Å². The molecule has 4 rings (SSSR count). The molecule has 6 heteroatoms. The number of benzene rings is 2. The Bertz CT molecular complexity index is 1250. The predicted octanol–water partition coefficient (Wildman–Crippen LogP) is 7.18. The Morgan fingerprint density at radius 3 is 2.16 bits per heavy atom. The van der Waals surface area contributed by atoms with Crippen LogP contribution in [0.1, 0.15) is 32.0 Å². The monoisotopic (exact) mass is 449 g/mol. The van der Waals surface area contributed by atoms with Gasteiger partial charge in [-0.15, -0.1) is 0 Å². The van der Waals surface area contributed by atoms with Gasteiger partial charge in [0.2, 0.25) is 0 Å². The van der Waals surface area contributed by atoms with Gasteiger partial charge in [-0.3, -0.25) is 4.98 Å². The Balaban J connectivity index is 1.84. The number of hydrogen-bond acceptors (Lipinski definition) is 3. The molecule has 0 bridgehead atoms. The SMILES string of the molecule is Cc1ccc(Sc2c(-c3ccc(C(C)(C)C)nc3)nc(-c3ccc(F)c(F)c3)n2C)cc1. The number of pyridine rings is 1. The molecule has 0 unspecified atom stereocenters. The zero-order valence-electron chi connectivity index (χ0n) is 18.8. The second-order valence-corrected chi connectivity index (χ2v) is 9.94. The fraction of sp³-hybridized carbons (Fsp3) is 0.231. The zero-order chi connectivity index (χ0) is 23.0. The van der Waals surface area contributed by atoms with Crippen molar-refractivity contribution in [2.24, 2.45) is 7.05 Å². The Hall–Kier alpha value is -2.99. The second-order valence-electron chi connectivity index (χ2n) is 8.87. The van der Waals surface area contributed by atoms with Gasteiger partial charge in [0.15, 0.2) is 11.6 Å². The lowest BCUT2D eigenvalue weighted by molar-refractivity contribution is 0.509. The first kappa shape index (κ1) is 22.2. The largest absolute Gasteiger partial charge is 0.322 e. The number of aromatic nitrogens is 3. The maximum Gasteiger partial charge on any atom is 0.159 e. The van der Waals surface area contributed by atoms with Crippen LogP contribution in [0.15, 0.2) is 70.7 Å². The number of hydrogen-bond donors (Lipinski definition) is 0. The van der Waals surface area contributed by atoms with Crippen LogP contribution in [0.4, 0.5) is 8.78 Å². The van der Waals surface area contributed by atoms with Crippen LogP contribution in [-0.4, -0.2) is 14.5 Å². The number of nitrogens with zero attached hydrogens (tertiary/aromatic N) is 3. The highest BCUT2D eigenvalue weighted by Gasteiger charge is 2.21. The van der Waals surface area contributed by atoms with Gasteiger partial charge in [-0.2, -0.15) is 0 Å². The van der Waals surface area contributed by atoms with Gasteiger partial charge in [0.1, 0.15) is 16.5 Å². The first-order valence-electron chi connectivity index (χ1n) is 10.4. The maximum atomic E-state index is 13.9. The third-order valence-electron chi connectivity index (χ3n) is 5.26. The fourth-order valence-corrected chi connectivity index (χ4v) is 4.36. The molecule has 4 aromatic rings. The van der Waals surface area contributed by atoms with E-state index in [2.05, 4.69) is 50.0 Å². The average Bonchev–Trinajstić information content (AvgIpc) is 3.07. The lowest BCUT2D eigenvalue weighted by Crippen LogP contribution is -2.12. The van der Waals surface area contributed by atoms with Crippen molar-refractivity contribution in [2.45, 2.75) is 43.0 Å². The summed E-state index contributed by atoms with van der Waals surface area (Å²) in [5.41, 5.74) is 4.26. The van der Waals surface area contributed by atoms with Crippen molar-refractivity contribution >= 4 is 11.8 Å². The van der Waals surface area contributed by atoms with Crippen LogP contribution < -0.4 is 0 Å². The molecule has 2 heterocycles. The van der Waals surface area contributed by atoms with E-state index in [0.29, 0.717) is 11.4 Å². The van der Waals surface area contributed by atoms with Crippen molar-refractivity contribution < 1.29 is 8.78 Å². The number of aryl methyl sites for hydroxylation is 1. The maximum absolute atomic E-state index is 13.9. The summed E-state index contributed by atoms with van der Waals surface area (Å²) in [5, 5.41) is 0.902. The number of rotatable bonds is 4. The summed E-state index contributed by atoms with van der Waals surface area (Å²) >= 11 is 1.58. The van der Waals surface area contributed by atoms with Crippen LogP contribution >= 0.6 is 11.8 Å². The Kier molecular flexibility index (Phi) is 5.91. The zero-order valence-corrected chi connectivity index (χ0v) is 19.6.